The molecule has 1 atom stereocenters. The van der Waals surface area contributed by atoms with Crippen LogP contribution in [0.15, 0.2) is 54.7 Å². The fraction of sp³-hybridized carbons (Fsp3) is 0.211. The number of hydrogen-bond donors (Lipinski definition) is 1. The molecule has 3 nitrogen and oxygen atoms in total. The van der Waals surface area contributed by atoms with Crippen molar-refractivity contribution in [3.63, 3.8) is 0 Å². The predicted molar refractivity (Wildman–Crippen MR) is 89.9 cm³/mol. The maximum absolute atomic E-state index is 13.4. The molecule has 0 aliphatic heterocycles. The van der Waals surface area contributed by atoms with Gasteiger partial charge in [0, 0.05) is 23.8 Å². The molecule has 24 heavy (non-hydrogen) atoms. The van der Waals surface area contributed by atoms with Gasteiger partial charge in [0.15, 0.2) is 0 Å². The third-order valence-electron chi connectivity index (χ3n) is 4.07. The van der Waals surface area contributed by atoms with Crippen LogP contribution in [0.3, 0.4) is 0 Å². The first-order valence-corrected chi connectivity index (χ1v) is 7.83. The van der Waals surface area contributed by atoms with Crippen molar-refractivity contribution < 1.29 is 8.78 Å². The number of aromatic nitrogens is 2. The lowest BCUT2D eigenvalue weighted by Crippen LogP contribution is -2.18. The molecule has 3 rings (SSSR count). The number of nitrogens with zero attached hydrogens (tertiary/aromatic N) is 2. The summed E-state index contributed by atoms with van der Waals surface area (Å²) in [5.41, 5.74) is 3.55. The number of nitrogens with one attached hydrogen (secondary N) is 1. The summed E-state index contributed by atoms with van der Waals surface area (Å²) >= 11 is 0. The van der Waals surface area contributed by atoms with Gasteiger partial charge in [-0.1, -0.05) is 18.2 Å². The van der Waals surface area contributed by atoms with Gasteiger partial charge in [-0.25, -0.2) is 13.5 Å². The molecule has 0 aliphatic carbocycles. The van der Waals surface area contributed by atoms with Crippen LogP contribution in [0, 0.1) is 18.6 Å². The van der Waals surface area contributed by atoms with Crippen molar-refractivity contribution in [3.8, 4) is 5.69 Å². The first-order chi connectivity index (χ1) is 11.5. The quantitative estimate of drug-likeness (QED) is 0.757. The lowest BCUT2D eigenvalue weighted by Gasteiger charge is -2.14. The molecule has 0 bridgehead atoms. The second kappa shape index (κ2) is 6.93. The maximum atomic E-state index is 13.4. The Hall–Kier alpha value is -2.53. The Bertz CT molecular complexity index is 842. The van der Waals surface area contributed by atoms with Crippen molar-refractivity contribution in [2.45, 2.75) is 26.4 Å². The van der Waals surface area contributed by atoms with E-state index in [4.69, 9.17) is 0 Å². The molecule has 0 saturated carbocycles. The third-order valence-corrected chi connectivity index (χ3v) is 4.07. The molecule has 124 valence electrons. The summed E-state index contributed by atoms with van der Waals surface area (Å²) in [6.07, 6.45) is 1.78. The monoisotopic (exact) mass is 327 g/mol. The first kappa shape index (κ1) is 16.3. The molecule has 0 amide bonds. The largest absolute Gasteiger partial charge is 0.306 e. The number of halogens is 2. The molecule has 2 aromatic carbocycles. The number of hydrogen-bond acceptors (Lipinski definition) is 2. The van der Waals surface area contributed by atoms with Crippen LogP contribution in [0.4, 0.5) is 8.78 Å². The average Bonchev–Trinajstić information content (AvgIpc) is 2.94. The van der Waals surface area contributed by atoms with E-state index in [1.54, 1.807) is 23.0 Å². The highest BCUT2D eigenvalue weighted by atomic mass is 19.1. The van der Waals surface area contributed by atoms with Gasteiger partial charge in [0.1, 0.15) is 11.6 Å². The van der Waals surface area contributed by atoms with Gasteiger partial charge in [0.05, 0.1) is 11.9 Å². The Labute approximate surface area is 139 Å². The van der Waals surface area contributed by atoms with Crippen molar-refractivity contribution >= 4 is 0 Å². The molecule has 0 unspecified atom stereocenters. The van der Waals surface area contributed by atoms with E-state index in [9.17, 15) is 8.78 Å². The van der Waals surface area contributed by atoms with Gasteiger partial charge in [-0.15, -0.1) is 0 Å². The van der Waals surface area contributed by atoms with E-state index < -0.39 is 0 Å². The highest BCUT2D eigenvalue weighted by Crippen LogP contribution is 2.21. The van der Waals surface area contributed by atoms with Crippen molar-refractivity contribution in [3.05, 3.63) is 83.2 Å². The van der Waals surface area contributed by atoms with Gasteiger partial charge < -0.3 is 5.32 Å². The highest BCUT2D eigenvalue weighted by molar-refractivity contribution is 5.35. The Balaban J connectivity index is 1.75. The molecule has 1 N–H and O–H groups in total. The molecular formula is C19H19F2N3. The van der Waals surface area contributed by atoms with E-state index in [0.29, 0.717) is 12.2 Å². The zero-order valence-electron chi connectivity index (χ0n) is 13.6. The number of benzene rings is 2. The summed E-state index contributed by atoms with van der Waals surface area (Å²) < 4.78 is 28.4. The molecule has 0 aliphatic rings. The van der Waals surface area contributed by atoms with Crippen LogP contribution in [0.1, 0.15) is 29.8 Å². The van der Waals surface area contributed by atoms with Crippen molar-refractivity contribution in [1.29, 1.82) is 0 Å². The van der Waals surface area contributed by atoms with E-state index in [0.717, 1.165) is 16.8 Å². The van der Waals surface area contributed by atoms with Gasteiger partial charge in [-0.05, 0) is 49.7 Å². The summed E-state index contributed by atoms with van der Waals surface area (Å²) in [5.74, 6) is -0.529. The lowest BCUT2D eigenvalue weighted by molar-refractivity contribution is 0.566. The summed E-state index contributed by atoms with van der Waals surface area (Å²) in [6, 6.07) is 12.9. The molecule has 0 radical (unpaired) electrons. The van der Waals surface area contributed by atoms with E-state index in [2.05, 4.69) is 10.4 Å². The van der Waals surface area contributed by atoms with E-state index in [1.165, 1.54) is 24.3 Å². The van der Waals surface area contributed by atoms with Crippen LogP contribution < -0.4 is 5.32 Å². The lowest BCUT2D eigenvalue weighted by atomic mass is 10.1. The molecule has 0 saturated heterocycles. The fourth-order valence-electron chi connectivity index (χ4n) is 2.74. The average molecular weight is 327 g/mol. The molecule has 0 fully saturated rings. The van der Waals surface area contributed by atoms with Gasteiger partial charge in [0.2, 0.25) is 0 Å². The van der Waals surface area contributed by atoms with Crippen LogP contribution in [0.25, 0.3) is 5.69 Å². The fourth-order valence-corrected chi connectivity index (χ4v) is 2.74. The molecule has 1 aromatic heterocycles. The molecule has 1 heterocycles. The minimum Gasteiger partial charge on any atom is -0.306 e. The summed E-state index contributed by atoms with van der Waals surface area (Å²) in [4.78, 5) is 0. The Morgan fingerprint density at radius 1 is 1.08 bits per heavy atom. The first-order valence-electron chi connectivity index (χ1n) is 7.83. The zero-order chi connectivity index (χ0) is 17.1. The van der Waals surface area contributed by atoms with Gasteiger partial charge in [0.25, 0.3) is 0 Å². The topological polar surface area (TPSA) is 29.9 Å². The minimum atomic E-state index is -0.291. The van der Waals surface area contributed by atoms with Crippen LogP contribution in [-0.4, -0.2) is 9.78 Å². The highest BCUT2D eigenvalue weighted by Gasteiger charge is 2.14. The Morgan fingerprint density at radius 3 is 2.50 bits per heavy atom. The second-order valence-corrected chi connectivity index (χ2v) is 5.81. The second-order valence-electron chi connectivity index (χ2n) is 5.81. The molecular weight excluding hydrogens is 308 g/mol. The van der Waals surface area contributed by atoms with Crippen LogP contribution in [0.5, 0.6) is 0 Å². The maximum Gasteiger partial charge on any atom is 0.125 e. The van der Waals surface area contributed by atoms with Crippen molar-refractivity contribution in [2.75, 3.05) is 0 Å². The Morgan fingerprint density at radius 2 is 1.79 bits per heavy atom. The van der Waals surface area contributed by atoms with Crippen LogP contribution in [0.2, 0.25) is 0 Å². The van der Waals surface area contributed by atoms with Crippen LogP contribution in [-0.2, 0) is 6.54 Å². The van der Waals surface area contributed by atoms with Crippen molar-refractivity contribution in [2.24, 2.45) is 0 Å². The van der Waals surface area contributed by atoms with Crippen LogP contribution >= 0.6 is 0 Å². The third kappa shape index (κ3) is 3.51. The smallest absolute Gasteiger partial charge is 0.125 e. The number of rotatable bonds is 5. The molecule has 5 heteroatoms. The Kier molecular flexibility index (Phi) is 4.71. The SMILES string of the molecule is Cc1c([C@@H](C)NCc2cccc(F)c2)cnn1-c1cccc(F)c1. The van der Waals surface area contributed by atoms with Gasteiger partial charge in [-0.2, -0.15) is 5.10 Å². The van der Waals surface area contributed by atoms with E-state index in [-0.39, 0.29) is 17.7 Å². The predicted octanol–water partition coefficient (Wildman–Crippen LogP) is 4.31. The minimum absolute atomic E-state index is 0.0376. The van der Waals surface area contributed by atoms with E-state index in [1.807, 2.05) is 26.0 Å². The molecule has 3 aromatic rings. The zero-order valence-corrected chi connectivity index (χ0v) is 13.6. The normalized spacial score (nSPS) is 12.3. The summed E-state index contributed by atoms with van der Waals surface area (Å²) in [5, 5.41) is 7.73. The van der Waals surface area contributed by atoms with Gasteiger partial charge in [-0.3, -0.25) is 0 Å². The summed E-state index contributed by atoms with van der Waals surface area (Å²) in [7, 11) is 0. The van der Waals surface area contributed by atoms with Crippen molar-refractivity contribution in [1.82, 2.24) is 15.1 Å². The standard InChI is InChI=1S/C19H19F2N3/c1-13(22-11-15-5-3-6-16(20)9-15)19-12-23-24(14(19)2)18-8-4-7-17(21)10-18/h3-10,12-13,22H,11H2,1-2H3/t13-/m1/s1. The summed E-state index contributed by atoms with van der Waals surface area (Å²) in [6.45, 7) is 4.54. The van der Waals surface area contributed by atoms with E-state index >= 15 is 0 Å². The van der Waals surface area contributed by atoms with Gasteiger partial charge >= 0.3 is 0 Å². The molecule has 0 spiro atoms.